The zero-order valence-corrected chi connectivity index (χ0v) is 27.7. The smallest absolute Gasteiger partial charge is 0.199 e. The number of ether oxygens (including phenoxy) is 5. The van der Waals surface area contributed by atoms with E-state index in [4.69, 9.17) is 23.7 Å². The molecule has 0 bridgehead atoms. The van der Waals surface area contributed by atoms with Gasteiger partial charge in [-0.1, -0.05) is 31.2 Å². The van der Waals surface area contributed by atoms with Crippen molar-refractivity contribution in [3.63, 3.8) is 0 Å². The second-order valence-electron chi connectivity index (χ2n) is 13.9. The first-order valence-electron chi connectivity index (χ1n) is 17.6. The molecule has 47 heavy (non-hydrogen) atoms. The molecule has 0 spiro atoms. The zero-order valence-electron chi connectivity index (χ0n) is 27.7. The van der Waals surface area contributed by atoms with Crippen molar-refractivity contribution < 1.29 is 33.2 Å². The normalized spacial score (nSPS) is 28.2. The number of hydrogen-bond donors (Lipinski definition) is 1. The monoisotopic (exact) mass is 645 g/mol. The maximum atomic E-state index is 15.8. The highest BCUT2D eigenvalue weighted by Crippen LogP contribution is 2.54. The fourth-order valence-corrected chi connectivity index (χ4v) is 7.71. The lowest BCUT2D eigenvalue weighted by Crippen LogP contribution is -2.47. The van der Waals surface area contributed by atoms with E-state index in [1.165, 1.54) is 0 Å². The molecule has 3 aromatic rings. The molecule has 0 radical (unpaired) electrons. The number of hydrogen-bond acceptors (Lipinski definition) is 7. The fraction of sp³-hybridized carbons (Fsp3) is 0.538. The van der Waals surface area contributed by atoms with Crippen LogP contribution in [0.4, 0.5) is 4.39 Å². The largest absolute Gasteiger partial charge is 0.484 e. The molecule has 0 saturated carbocycles. The lowest BCUT2D eigenvalue weighted by molar-refractivity contribution is -0.106. The number of benzene rings is 3. The van der Waals surface area contributed by atoms with Gasteiger partial charge in [0, 0.05) is 37.6 Å². The van der Waals surface area contributed by atoms with Crippen LogP contribution in [0, 0.1) is 11.7 Å². The van der Waals surface area contributed by atoms with Gasteiger partial charge in [0.2, 0.25) is 0 Å². The summed E-state index contributed by atoms with van der Waals surface area (Å²) in [6.07, 6.45) is 6.58. The highest BCUT2D eigenvalue weighted by molar-refractivity contribution is 5.50. The summed E-state index contributed by atoms with van der Waals surface area (Å²) in [5.41, 5.74) is 1.60. The van der Waals surface area contributed by atoms with Gasteiger partial charge in [0.05, 0.1) is 19.1 Å². The average Bonchev–Trinajstić information content (AvgIpc) is 3.05. The maximum absolute atomic E-state index is 15.8. The van der Waals surface area contributed by atoms with Crippen LogP contribution in [0.2, 0.25) is 0 Å². The first-order valence-corrected chi connectivity index (χ1v) is 17.6. The minimum atomic E-state index is -1.34. The molecule has 3 aromatic carbocycles. The standard InChI is InChI=1S/C39H48FNO6/c1-3-18-41-24-26(25-41)21-28-10-11-29(22-33(28)40)38-37(27-12-14-30(15-13-27)45-35-8-4-6-19-43-35)39(2,42)32-17-16-31(23-34(32)47-38)46-36-9-5-7-20-44-36/h10-17,22-23,26,35-38,42H,3-9,18-21,24-25H2,1-2H3. The van der Waals surface area contributed by atoms with Gasteiger partial charge in [0.1, 0.15) is 34.8 Å². The van der Waals surface area contributed by atoms with Gasteiger partial charge in [-0.2, -0.15) is 0 Å². The molecule has 3 fully saturated rings. The number of likely N-dealkylation sites (tertiary alicyclic amines) is 1. The molecule has 4 heterocycles. The lowest BCUT2D eigenvalue weighted by Gasteiger charge is -2.44. The molecule has 0 amide bonds. The van der Waals surface area contributed by atoms with Gasteiger partial charge < -0.3 is 33.7 Å². The van der Waals surface area contributed by atoms with E-state index in [0.29, 0.717) is 47.5 Å². The summed E-state index contributed by atoms with van der Waals surface area (Å²) < 4.78 is 46.4. The van der Waals surface area contributed by atoms with Gasteiger partial charge in [0.25, 0.3) is 0 Å². The van der Waals surface area contributed by atoms with Crippen molar-refractivity contribution in [2.24, 2.45) is 5.92 Å². The summed E-state index contributed by atoms with van der Waals surface area (Å²) in [4.78, 5) is 2.42. The molecule has 5 atom stereocenters. The van der Waals surface area contributed by atoms with Crippen LogP contribution in [0.5, 0.6) is 17.2 Å². The van der Waals surface area contributed by atoms with Gasteiger partial charge in [-0.15, -0.1) is 0 Å². The molecule has 0 aliphatic carbocycles. The van der Waals surface area contributed by atoms with Crippen molar-refractivity contribution in [1.29, 1.82) is 0 Å². The molecule has 0 aromatic heterocycles. The van der Waals surface area contributed by atoms with Gasteiger partial charge in [0.15, 0.2) is 12.6 Å². The van der Waals surface area contributed by atoms with Crippen molar-refractivity contribution >= 4 is 0 Å². The quantitative estimate of drug-likeness (QED) is 0.243. The second-order valence-corrected chi connectivity index (χ2v) is 13.9. The maximum Gasteiger partial charge on any atom is 0.199 e. The Bertz CT molecular complexity index is 1490. The van der Waals surface area contributed by atoms with Gasteiger partial charge in [-0.05, 0) is 105 Å². The summed E-state index contributed by atoms with van der Waals surface area (Å²) in [7, 11) is 0. The third kappa shape index (κ3) is 7.16. The van der Waals surface area contributed by atoms with Crippen LogP contribution in [0.1, 0.15) is 93.1 Å². The Kier molecular flexibility index (Phi) is 9.73. The first-order chi connectivity index (χ1) is 22.9. The third-order valence-corrected chi connectivity index (χ3v) is 10.2. The molecule has 8 heteroatoms. The van der Waals surface area contributed by atoms with Crippen molar-refractivity contribution in [2.75, 3.05) is 32.8 Å². The molecule has 4 aliphatic heterocycles. The molecular formula is C39H48FNO6. The second kappa shape index (κ2) is 14.1. The number of rotatable bonds is 10. The topological polar surface area (TPSA) is 69.6 Å². The fourth-order valence-electron chi connectivity index (χ4n) is 7.71. The van der Waals surface area contributed by atoms with E-state index in [1.807, 2.05) is 61.5 Å². The Labute approximate surface area is 277 Å². The van der Waals surface area contributed by atoms with Crippen LogP contribution in [0.15, 0.2) is 60.7 Å². The SMILES string of the molecule is CCCN1CC(Cc2ccc(C3Oc4cc(OC5CCCCO5)ccc4C(C)(O)C3c3ccc(OC4CCCCO4)cc3)cc2F)C1. The first kappa shape index (κ1) is 32.4. The van der Waals surface area contributed by atoms with Gasteiger partial charge in [-0.3, -0.25) is 0 Å². The van der Waals surface area contributed by atoms with Crippen molar-refractivity contribution in [2.45, 2.75) is 95.4 Å². The van der Waals surface area contributed by atoms with E-state index in [9.17, 15) is 5.11 Å². The summed E-state index contributed by atoms with van der Waals surface area (Å²) in [6, 6.07) is 18.8. The van der Waals surface area contributed by atoms with E-state index in [2.05, 4.69) is 11.8 Å². The summed E-state index contributed by atoms with van der Waals surface area (Å²) in [6.45, 7) is 8.54. The minimum Gasteiger partial charge on any atom is -0.484 e. The highest BCUT2D eigenvalue weighted by Gasteiger charge is 2.48. The molecule has 252 valence electrons. The van der Waals surface area contributed by atoms with Crippen molar-refractivity contribution in [3.8, 4) is 17.2 Å². The van der Waals surface area contributed by atoms with Crippen LogP contribution in [0.3, 0.4) is 0 Å². The molecule has 1 N–H and O–H groups in total. The van der Waals surface area contributed by atoms with E-state index >= 15 is 4.39 Å². The Balaban J connectivity index is 1.18. The van der Waals surface area contributed by atoms with Crippen LogP contribution in [-0.2, 0) is 21.5 Å². The summed E-state index contributed by atoms with van der Waals surface area (Å²) in [5, 5.41) is 12.4. The average molecular weight is 646 g/mol. The van der Waals surface area contributed by atoms with Crippen LogP contribution in [-0.4, -0.2) is 55.4 Å². The molecular weight excluding hydrogens is 597 g/mol. The van der Waals surface area contributed by atoms with E-state index in [1.54, 1.807) is 6.07 Å². The molecule has 5 unspecified atom stereocenters. The molecule has 7 nitrogen and oxygen atoms in total. The highest BCUT2D eigenvalue weighted by atomic mass is 19.1. The van der Waals surface area contributed by atoms with Crippen molar-refractivity contribution in [3.05, 3.63) is 88.7 Å². The summed E-state index contributed by atoms with van der Waals surface area (Å²) in [5.74, 6) is 1.57. The minimum absolute atomic E-state index is 0.230. The predicted octanol–water partition coefficient (Wildman–Crippen LogP) is 7.65. The Morgan fingerprint density at radius 3 is 2.15 bits per heavy atom. The van der Waals surface area contributed by atoms with Gasteiger partial charge in [-0.25, -0.2) is 4.39 Å². The molecule has 3 saturated heterocycles. The van der Waals surface area contributed by atoms with E-state index < -0.39 is 17.6 Å². The van der Waals surface area contributed by atoms with E-state index in [-0.39, 0.29) is 18.4 Å². The Morgan fingerprint density at radius 1 is 0.851 bits per heavy atom. The zero-order chi connectivity index (χ0) is 32.4. The van der Waals surface area contributed by atoms with Gasteiger partial charge >= 0.3 is 0 Å². The van der Waals surface area contributed by atoms with Crippen LogP contribution in [0.25, 0.3) is 0 Å². The number of fused-ring (bicyclic) bond motifs is 1. The van der Waals surface area contributed by atoms with Crippen LogP contribution >= 0.6 is 0 Å². The molecule has 7 rings (SSSR count). The third-order valence-electron chi connectivity index (χ3n) is 10.2. The predicted molar refractivity (Wildman–Crippen MR) is 177 cm³/mol. The molecule has 4 aliphatic rings. The van der Waals surface area contributed by atoms with Crippen LogP contribution < -0.4 is 14.2 Å². The number of nitrogens with zero attached hydrogens (tertiary/aromatic N) is 1. The Morgan fingerprint density at radius 2 is 1.51 bits per heavy atom. The number of aliphatic hydroxyl groups is 1. The summed E-state index contributed by atoms with van der Waals surface area (Å²) >= 11 is 0. The van der Waals surface area contributed by atoms with Crippen molar-refractivity contribution in [1.82, 2.24) is 4.90 Å². The number of halogens is 1. The van der Waals surface area contributed by atoms with E-state index in [0.717, 1.165) is 82.1 Å². The Hall–Kier alpha value is -3.17. The lowest BCUT2D eigenvalue weighted by atomic mass is 9.71.